The van der Waals surface area contributed by atoms with Crippen molar-refractivity contribution in [2.24, 2.45) is 0 Å². The fraction of sp³-hybridized carbons (Fsp3) is 0.182. The van der Waals surface area contributed by atoms with Gasteiger partial charge in [-0.25, -0.2) is 4.79 Å². The summed E-state index contributed by atoms with van der Waals surface area (Å²) in [6.07, 6.45) is 1.13. The molecule has 0 bridgehead atoms. The van der Waals surface area contributed by atoms with E-state index in [9.17, 15) is 4.79 Å². The lowest BCUT2D eigenvalue weighted by molar-refractivity contribution is -0.138. The summed E-state index contributed by atoms with van der Waals surface area (Å²) < 4.78 is 10.0. The van der Waals surface area contributed by atoms with Crippen LogP contribution in [0.4, 0.5) is 0 Å². The summed E-state index contributed by atoms with van der Waals surface area (Å²) in [4.78, 5) is 10.6. The first-order chi connectivity index (χ1) is 6.83. The molecule has 106 valence electrons. The predicted octanol–water partition coefficient (Wildman–Crippen LogP) is 4.11. The molecule has 0 radical (unpaired) electrons. The second-order valence-corrected chi connectivity index (χ2v) is 2.53. The normalized spacial score (nSPS) is 7.11. The molecule has 0 aliphatic carbocycles. The molecular formula is C11H16Br4O3. The Kier molecular flexibility index (Phi) is 25.4. The molecule has 3 nitrogen and oxygen atoms in total. The van der Waals surface area contributed by atoms with Crippen molar-refractivity contribution in [3.8, 4) is 5.75 Å². The number of hydrogen-bond acceptors (Lipinski definition) is 3. The van der Waals surface area contributed by atoms with Crippen LogP contribution >= 0.6 is 67.9 Å². The van der Waals surface area contributed by atoms with E-state index in [4.69, 9.17) is 9.47 Å². The minimum Gasteiger partial charge on any atom is -0.490 e. The standard InChI is InChI=1S/C11H12O3.4BrH/c1-2-11(12)14-9-8-13-10-6-4-3-5-7-10;;;;/h2-7H,1,8-9H2;4*1H. The Labute approximate surface area is 149 Å². The van der Waals surface area contributed by atoms with E-state index in [-0.39, 0.29) is 74.5 Å². The SMILES string of the molecule is Br.Br.Br.Br.C=CC(=O)OCCOc1ccccc1. The Morgan fingerprint density at radius 2 is 1.61 bits per heavy atom. The van der Waals surface area contributed by atoms with E-state index in [2.05, 4.69) is 6.58 Å². The maximum atomic E-state index is 10.6. The van der Waals surface area contributed by atoms with E-state index < -0.39 is 5.97 Å². The predicted molar refractivity (Wildman–Crippen MR) is 94.4 cm³/mol. The highest BCUT2D eigenvalue weighted by molar-refractivity contribution is 8.93. The summed E-state index contributed by atoms with van der Waals surface area (Å²) in [6.45, 7) is 3.87. The molecule has 0 fully saturated rings. The van der Waals surface area contributed by atoms with Gasteiger partial charge in [-0.05, 0) is 12.1 Å². The molecule has 0 heterocycles. The molecule has 0 saturated carbocycles. The largest absolute Gasteiger partial charge is 0.490 e. The minimum absolute atomic E-state index is 0. The smallest absolute Gasteiger partial charge is 0.330 e. The maximum absolute atomic E-state index is 10.6. The molecule has 0 aliphatic rings. The zero-order valence-corrected chi connectivity index (χ0v) is 16.3. The van der Waals surface area contributed by atoms with Crippen LogP contribution in [0.15, 0.2) is 43.0 Å². The Morgan fingerprint density at radius 3 is 2.11 bits per heavy atom. The van der Waals surface area contributed by atoms with Gasteiger partial charge in [0.2, 0.25) is 0 Å². The lowest BCUT2D eigenvalue weighted by Gasteiger charge is -2.05. The first kappa shape index (κ1) is 26.7. The van der Waals surface area contributed by atoms with Gasteiger partial charge in [0.1, 0.15) is 19.0 Å². The zero-order valence-electron chi connectivity index (χ0n) is 9.44. The number of carbonyl (C=O) groups is 1. The van der Waals surface area contributed by atoms with E-state index >= 15 is 0 Å². The third kappa shape index (κ3) is 12.6. The van der Waals surface area contributed by atoms with E-state index in [1.54, 1.807) is 0 Å². The van der Waals surface area contributed by atoms with Crippen molar-refractivity contribution in [1.82, 2.24) is 0 Å². The second-order valence-electron chi connectivity index (χ2n) is 2.53. The Bertz CT molecular complexity index is 306. The quantitative estimate of drug-likeness (QED) is 0.336. The highest BCUT2D eigenvalue weighted by Crippen LogP contribution is 2.07. The number of ether oxygens (including phenoxy) is 2. The molecule has 1 rings (SSSR count). The maximum Gasteiger partial charge on any atom is 0.330 e. The first-order valence-electron chi connectivity index (χ1n) is 4.30. The fourth-order valence-corrected chi connectivity index (χ4v) is 0.877. The summed E-state index contributed by atoms with van der Waals surface area (Å²) in [6, 6.07) is 9.35. The monoisotopic (exact) mass is 512 g/mol. The molecule has 0 N–H and O–H groups in total. The fourth-order valence-electron chi connectivity index (χ4n) is 0.877. The van der Waals surface area contributed by atoms with Crippen molar-refractivity contribution in [3.63, 3.8) is 0 Å². The van der Waals surface area contributed by atoms with Gasteiger partial charge in [0, 0.05) is 6.08 Å². The summed E-state index contributed by atoms with van der Waals surface area (Å²) >= 11 is 0. The lowest BCUT2D eigenvalue weighted by atomic mass is 10.3. The molecule has 1 aromatic carbocycles. The van der Waals surface area contributed by atoms with E-state index in [0.717, 1.165) is 11.8 Å². The van der Waals surface area contributed by atoms with Crippen molar-refractivity contribution in [2.75, 3.05) is 13.2 Å². The molecular weight excluding hydrogens is 500 g/mol. The van der Waals surface area contributed by atoms with E-state index in [0.29, 0.717) is 6.61 Å². The summed E-state index contributed by atoms with van der Waals surface area (Å²) in [5, 5.41) is 0. The third-order valence-electron chi connectivity index (χ3n) is 1.51. The van der Waals surface area contributed by atoms with Crippen LogP contribution < -0.4 is 4.74 Å². The average Bonchev–Trinajstić information content (AvgIpc) is 2.25. The van der Waals surface area contributed by atoms with Crippen molar-refractivity contribution >= 4 is 73.9 Å². The van der Waals surface area contributed by atoms with Gasteiger partial charge in [-0.2, -0.15) is 0 Å². The van der Waals surface area contributed by atoms with Crippen molar-refractivity contribution in [3.05, 3.63) is 43.0 Å². The Hall–Kier alpha value is 0.150. The minimum atomic E-state index is -0.429. The molecule has 18 heavy (non-hydrogen) atoms. The molecule has 0 unspecified atom stereocenters. The number of benzene rings is 1. The van der Waals surface area contributed by atoms with Gasteiger partial charge in [0.15, 0.2) is 0 Å². The van der Waals surface area contributed by atoms with Gasteiger partial charge < -0.3 is 9.47 Å². The second kappa shape index (κ2) is 17.2. The van der Waals surface area contributed by atoms with Crippen LogP contribution in [0, 0.1) is 0 Å². The van der Waals surface area contributed by atoms with Crippen LogP contribution in [0.2, 0.25) is 0 Å². The van der Waals surface area contributed by atoms with Gasteiger partial charge in [-0.1, -0.05) is 24.8 Å². The Balaban J connectivity index is -0.000000245. The highest BCUT2D eigenvalue weighted by atomic mass is 79.9. The lowest BCUT2D eigenvalue weighted by Crippen LogP contribution is -2.09. The number of esters is 1. The molecule has 1 aromatic rings. The van der Waals surface area contributed by atoms with E-state index in [1.807, 2.05) is 30.3 Å². The summed E-state index contributed by atoms with van der Waals surface area (Å²) in [5.41, 5.74) is 0. The highest BCUT2D eigenvalue weighted by Gasteiger charge is 1.95. The first-order valence-corrected chi connectivity index (χ1v) is 4.30. The molecule has 0 amide bonds. The molecule has 0 aromatic heterocycles. The molecule has 0 spiro atoms. The summed E-state index contributed by atoms with van der Waals surface area (Å²) in [7, 11) is 0. The van der Waals surface area contributed by atoms with Gasteiger partial charge >= 0.3 is 5.97 Å². The van der Waals surface area contributed by atoms with Crippen LogP contribution in [-0.4, -0.2) is 19.2 Å². The number of para-hydroxylation sites is 1. The van der Waals surface area contributed by atoms with Crippen molar-refractivity contribution < 1.29 is 14.3 Å². The average molecular weight is 516 g/mol. The van der Waals surface area contributed by atoms with Gasteiger partial charge in [0.25, 0.3) is 0 Å². The Morgan fingerprint density at radius 1 is 1.06 bits per heavy atom. The number of rotatable bonds is 5. The van der Waals surface area contributed by atoms with Crippen LogP contribution in [-0.2, 0) is 9.53 Å². The number of hydrogen-bond donors (Lipinski definition) is 0. The van der Waals surface area contributed by atoms with Crippen LogP contribution in [0.25, 0.3) is 0 Å². The van der Waals surface area contributed by atoms with Gasteiger partial charge in [-0.3, -0.25) is 0 Å². The van der Waals surface area contributed by atoms with Crippen molar-refractivity contribution in [2.45, 2.75) is 0 Å². The van der Waals surface area contributed by atoms with E-state index in [1.165, 1.54) is 0 Å². The van der Waals surface area contributed by atoms with Crippen LogP contribution in [0.1, 0.15) is 0 Å². The van der Waals surface area contributed by atoms with Gasteiger partial charge in [-0.15, -0.1) is 67.9 Å². The van der Waals surface area contributed by atoms with Gasteiger partial charge in [0.05, 0.1) is 0 Å². The van der Waals surface area contributed by atoms with Crippen LogP contribution in [0.3, 0.4) is 0 Å². The van der Waals surface area contributed by atoms with Crippen LogP contribution in [0.5, 0.6) is 5.75 Å². The third-order valence-corrected chi connectivity index (χ3v) is 1.51. The molecule has 0 saturated heterocycles. The number of halogens is 4. The molecule has 0 aliphatic heterocycles. The number of carbonyl (C=O) groups excluding carboxylic acids is 1. The van der Waals surface area contributed by atoms with Crippen molar-refractivity contribution in [1.29, 1.82) is 0 Å². The topological polar surface area (TPSA) is 35.5 Å². The molecule has 0 atom stereocenters. The zero-order chi connectivity index (χ0) is 10.2. The molecule has 7 heteroatoms. The summed E-state index contributed by atoms with van der Waals surface area (Å²) in [5.74, 6) is 0.337.